The van der Waals surface area contributed by atoms with Crippen LogP contribution in [0.2, 0.25) is 5.28 Å². The molecule has 1 N–H and O–H groups in total. The highest BCUT2D eigenvalue weighted by Crippen LogP contribution is 2.14. The fraction of sp³-hybridized carbons (Fsp3) is 0.500. The summed E-state index contributed by atoms with van der Waals surface area (Å²) in [6, 6.07) is 2.01. The Balaban J connectivity index is 1.94. The molecule has 2 heterocycles. The molecule has 6 heteroatoms. The Morgan fingerprint density at radius 1 is 1.69 bits per heavy atom. The molecule has 0 aromatic carbocycles. The number of carbonyl (C=O) groups excluding carboxylic acids is 1. The number of nitrogens with one attached hydrogen (secondary N) is 1. The molecule has 0 aliphatic carbocycles. The van der Waals surface area contributed by atoms with Crippen LogP contribution in [-0.4, -0.2) is 39.9 Å². The van der Waals surface area contributed by atoms with Gasteiger partial charge in [-0.3, -0.25) is 4.79 Å². The molecule has 16 heavy (non-hydrogen) atoms. The van der Waals surface area contributed by atoms with Crippen molar-refractivity contribution in [2.45, 2.75) is 19.4 Å². The zero-order valence-corrected chi connectivity index (χ0v) is 9.74. The van der Waals surface area contributed by atoms with Gasteiger partial charge in [-0.25, -0.2) is 9.97 Å². The number of nitrogens with zero attached hydrogens (tertiary/aromatic N) is 3. The van der Waals surface area contributed by atoms with Gasteiger partial charge in [0.25, 0.3) is 0 Å². The fourth-order valence-corrected chi connectivity index (χ4v) is 1.94. The van der Waals surface area contributed by atoms with Gasteiger partial charge in [-0.2, -0.15) is 0 Å². The van der Waals surface area contributed by atoms with Crippen molar-refractivity contribution in [3.05, 3.63) is 17.5 Å². The number of rotatable bonds is 2. The maximum Gasteiger partial charge on any atom is 0.224 e. The summed E-state index contributed by atoms with van der Waals surface area (Å²) in [5, 5.41) is 3.47. The van der Waals surface area contributed by atoms with Crippen molar-refractivity contribution in [3.63, 3.8) is 0 Å². The van der Waals surface area contributed by atoms with Gasteiger partial charge >= 0.3 is 0 Å². The molecule has 0 radical (unpaired) electrons. The average Bonchev–Trinajstić information content (AvgIpc) is 2.66. The van der Waals surface area contributed by atoms with Gasteiger partial charge in [0.2, 0.25) is 11.2 Å². The van der Waals surface area contributed by atoms with Crippen LogP contribution in [0.25, 0.3) is 0 Å². The third-order valence-electron chi connectivity index (χ3n) is 2.61. The Hall–Kier alpha value is -1.36. The molecule has 0 bridgehead atoms. The van der Waals surface area contributed by atoms with Crippen LogP contribution in [0, 0.1) is 0 Å². The van der Waals surface area contributed by atoms with Gasteiger partial charge in [0.1, 0.15) is 5.82 Å². The first-order chi connectivity index (χ1) is 7.65. The lowest BCUT2D eigenvalue weighted by atomic mass is 10.2. The van der Waals surface area contributed by atoms with Crippen LogP contribution in [0.4, 0.5) is 5.82 Å². The highest BCUT2D eigenvalue weighted by molar-refractivity contribution is 6.28. The SMILES string of the molecule is CC(=O)N1CC[C@H](Nc2ccnc(Cl)n2)C1. The van der Waals surface area contributed by atoms with E-state index in [-0.39, 0.29) is 17.2 Å². The Morgan fingerprint density at radius 2 is 2.50 bits per heavy atom. The van der Waals surface area contributed by atoms with Crippen LogP contribution in [0.1, 0.15) is 13.3 Å². The monoisotopic (exact) mass is 240 g/mol. The third-order valence-corrected chi connectivity index (χ3v) is 2.79. The van der Waals surface area contributed by atoms with E-state index in [1.54, 1.807) is 19.2 Å². The third kappa shape index (κ3) is 2.61. The van der Waals surface area contributed by atoms with Crippen LogP contribution in [0.3, 0.4) is 0 Å². The summed E-state index contributed by atoms with van der Waals surface area (Å²) in [4.78, 5) is 20.8. The van der Waals surface area contributed by atoms with Crippen molar-refractivity contribution in [1.29, 1.82) is 0 Å². The lowest BCUT2D eigenvalue weighted by Crippen LogP contribution is -2.29. The quantitative estimate of drug-likeness (QED) is 0.789. The molecular formula is C10H13ClN4O. The van der Waals surface area contributed by atoms with E-state index in [0.717, 1.165) is 19.5 Å². The number of likely N-dealkylation sites (tertiary alicyclic amines) is 1. The minimum absolute atomic E-state index is 0.116. The number of anilines is 1. The number of amides is 1. The molecule has 86 valence electrons. The zero-order chi connectivity index (χ0) is 11.5. The maximum absolute atomic E-state index is 11.1. The Kier molecular flexibility index (Phi) is 3.24. The zero-order valence-electron chi connectivity index (χ0n) is 8.98. The minimum atomic E-state index is 0.116. The first-order valence-electron chi connectivity index (χ1n) is 5.16. The van der Waals surface area contributed by atoms with Gasteiger partial charge in [0, 0.05) is 32.3 Å². The summed E-state index contributed by atoms with van der Waals surface area (Å²) in [5.74, 6) is 0.820. The van der Waals surface area contributed by atoms with E-state index in [2.05, 4.69) is 15.3 Å². The van der Waals surface area contributed by atoms with Crippen molar-refractivity contribution in [1.82, 2.24) is 14.9 Å². The standard InChI is InChI=1S/C10H13ClN4O/c1-7(16)15-5-3-8(6-15)13-9-2-4-12-10(11)14-9/h2,4,8H,3,5-6H2,1H3,(H,12,13,14)/t8-/m0/s1. The summed E-state index contributed by atoms with van der Waals surface area (Å²) in [7, 11) is 0. The summed E-state index contributed by atoms with van der Waals surface area (Å²) in [5.41, 5.74) is 0. The van der Waals surface area contributed by atoms with E-state index in [1.807, 2.05) is 4.90 Å². The van der Waals surface area contributed by atoms with Gasteiger partial charge in [0.15, 0.2) is 0 Å². The van der Waals surface area contributed by atoms with Gasteiger partial charge in [-0.15, -0.1) is 0 Å². The molecule has 1 atom stereocenters. The molecule has 0 unspecified atom stereocenters. The maximum atomic E-state index is 11.1. The van der Waals surface area contributed by atoms with Gasteiger partial charge < -0.3 is 10.2 Å². The van der Waals surface area contributed by atoms with E-state index >= 15 is 0 Å². The molecule has 0 saturated carbocycles. The lowest BCUT2D eigenvalue weighted by Gasteiger charge is -2.15. The van der Waals surface area contributed by atoms with Crippen LogP contribution in [-0.2, 0) is 4.79 Å². The molecule has 1 fully saturated rings. The first kappa shape index (κ1) is 11.1. The molecule has 1 aliphatic rings. The number of aromatic nitrogens is 2. The van der Waals surface area contributed by atoms with E-state index in [9.17, 15) is 4.79 Å². The highest BCUT2D eigenvalue weighted by atomic mass is 35.5. The summed E-state index contributed by atoms with van der Waals surface area (Å²) in [6.07, 6.45) is 2.54. The van der Waals surface area contributed by atoms with Crippen molar-refractivity contribution >= 4 is 23.3 Å². The van der Waals surface area contributed by atoms with Gasteiger partial charge in [-0.05, 0) is 24.1 Å². The van der Waals surface area contributed by atoms with Crippen LogP contribution < -0.4 is 5.32 Å². The topological polar surface area (TPSA) is 58.1 Å². The average molecular weight is 241 g/mol. The Labute approximate surface area is 98.8 Å². The van der Waals surface area contributed by atoms with Crippen LogP contribution in [0.15, 0.2) is 12.3 Å². The van der Waals surface area contributed by atoms with E-state index < -0.39 is 0 Å². The Bertz CT molecular complexity index is 398. The summed E-state index contributed by atoms with van der Waals surface area (Å²) < 4.78 is 0. The number of carbonyl (C=O) groups is 1. The smallest absolute Gasteiger partial charge is 0.224 e. The van der Waals surface area contributed by atoms with Crippen molar-refractivity contribution < 1.29 is 4.79 Å². The highest BCUT2D eigenvalue weighted by Gasteiger charge is 2.24. The van der Waals surface area contributed by atoms with E-state index in [0.29, 0.717) is 5.82 Å². The molecule has 1 saturated heterocycles. The second-order valence-electron chi connectivity index (χ2n) is 3.81. The van der Waals surface area contributed by atoms with Crippen molar-refractivity contribution in [2.24, 2.45) is 0 Å². The fourth-order valence-electron chi connectivity index (χ4n) is 1.79. The predicted molar refractivity (Wildman–Crippen MR) is 61.3 cm³/mol. The second-order valence-corrected chi connectivity index (χ2v) is 4.14. The summed E-state index contributed by atoms with van der Waals surface area (Å²) >= 11 is 5.68. The van der Waals surface area contributed by atoms with Crippen molar-refractivity contribution in [3.8, 4) is 0 Å². The summed E-state index contributed by atoms with van der Waals surface area (Å²) in [6.45, 7) is 3.10. The van der Waals surface area contributed by atoms with Crippen LogP contribution in [0.5, 0.6) is 0 Å². The minimum Gasteiger partial charge on any atom is -0.365 e. The number of halogens is 1. The van der Waals surface area contributed by atoms with Gasteiger partial charge in [0.05, 0.1) is 0 Å². The molecule has 1 aromatic heterocycles. The number of hydrogen-bond donors (Lipinski definition) is 1. The second kappa shape index (κ2) is 4.65. The molecular weight excluding hydrogens is 228 g/mol. The largest absolute Gasteiger partial charge is 0.365 e. The van der Waals surface area contributed by atoms with Crippen molar-refractivity contribution in [2.75, 3.05) is 18.4 Å². The molecule has 1 aliphatic heterocycles. The number of hydrogen-bond acceptors (Lipinski definition) is 4. The van der Waals surface area contributed by atoms with Crippen LogP contribution >= 0.6 is 11.6 Å². The first-order valence-corrected chi connectivity index (χ1v) is 5.53. The lowest BCUT2D eigenvalue weighted by molar-refractivity contribution is -0.127. The molecule has 1 aromatic rings. The molecule has 5 nitrogen and oxygen atoms in total. The van der Waals surface area contributed by atoms with Gasteiger partial charge in [-0.1, -0.05) is 0 Å². The Morgan fingerprint density at radius 3 is 3.12 bits per heavy atom. The van der Waals surface area contributed by atoms with E-state index in [4.69, 9.17) is 11.6 Å². The predicted octanol–water partition coefficient (Wildman–Crippen LogP) is 1.16. The molecule has 0 spiro atoms. The molecule has 2 rings (SSSR count). The molecule has 1 amide bonds. The normalized spacial score (nSPS) is 19.9. The van der Waals surface area contributed by atoms with E-state index in [1.165, 1.54) is 0 Å².